The van der Waals surface area contributed by atoms with Gasteiger partial charge in [0.2, 0.25) is 5.91 Å². The van der Waals surface area contributed by atoms with E-state index in [4.69, 9.17) is 5.11 Å². The molecule has 1 aliphatic rings. The van der Waals surface area contributed by atoms with Gasteiger partial charge in [-0.2, -0.15) is 0 Å². The number of hydrogen-bond acceptors (Lipinski definition) is 5. The Balaban J connectivity index is 1.72. The summed E-state index contributed by atoms with van der Waals surface area (Å²) >= 11 is 0. The van der Waals surface area contributed by atoms with Crippen LogP contribution >= 0.6 is 0 Å². The second-order valence-electron chi connectivity index (χ2n) is 4.46. The zero-order valence-corrected chi connectivity index (χ0v) is 10.4. The first-order valence-corrected chi connectivity index (χ1v) is 6.23. The summed E-state index contributed by atoms with van der Waals surface area (Å²) in [6.07, 6.45) is 5.74. The molecule has 0 saturated heterocycles. The summed E-state index contributed by atoms with van der Waals surface area (Å²) in [6, 6.07) is 0.376. The van der Waals surface area contributed by atoms with E-state index in [1.54, 1.807) is 0 Å². The molecule has 3 N–H and O–H groups in total. The van der Waals surface area contributed by atoms with Crippen molar-refractivity contribution in [3.63, 3.8) is 0 Å². The first-order valence-electron chi connectivity index (χ1n) is 6.23. The van der Waals surface area contributed by atoms with E-state index in [2.05, 4.69) is 20.6 Å². The number of rotatable bonds is 7. The van der Waals surface area contributed by atoms with Gasteiger partial charge >= 0.3 is 5.97 Å². The molecule has 0 radical (unpaired) electrons. The quantitative estimate of drug-likeness (QED) is 0.624. The van der Waals surface area contributed by atoms with E-state index in [0.717, 1.165) is 12.8 Å². The first-order chi connectivity index (χ1) is 9.16. The fraction of sp³-hybridized carbons (Fsp3) is 0.500. The van der Waals surface area contributed by atoms with Crippen molar-refractivity contribution in [2.75, 3.05) is 11.9 Å². The summed E-state index contributed by atoms with van der Waals surface area (Å²) in [5.74, 6) is -0.745. The van der Waals surface area contributed by atoms with Gasteiger partial charge in [-0.3, -0.25) is 4.79 Å². The van der Waals surface area contributed by atoms with E-state index >= 15 is 0 Å². The molecule has 102 valence electrons. The average Bonchev–Trinajstić information content (AvgIpc) is 3.19. The van der Waals surface area contributed by atoms with Crippen LogP contribution in [0.2, 0.25) is 0 Å². The Morgan fingerprint density at radius 1 is 1.42 bits per heavy atom. The summed E-state index contributed by atoms with van der Waals surface area (Å²) in [6.45, 7) is 0.495. The third-order valence-corrected chi connectivity index (χ3v) is 2.76. The van der Waals surface area contributed by atoms with Crippen LogP contribution in [0.4, 0.5) is 5.82 Å². The minimum Gasteiger partial charge on any atom is -0.477 e. The van der Waals surface area contributed by atoms with E-state index < -0.39 is 5.97 Å². The molecular formula is C12H16N4O3. The lowest BCUT2D eigenvalue weighted by Gasteiger charge is -2.07. The van der Waals surface area contributed by atoms with Gasteiger partial charge in [0.15, 0.2) is 0 Å². The third kappa shape index (κ3) is 4.20. The van der Waals surface area contributed by atoms with E-state index in [0.29, 0.717) is 25.4 Å². The highest BCUT2D eigenvalue weighted by Crippen LogP contribution is 2.18. The third-order valence-electron chi connectivity index (χ3n) is 2.76. The highest BCUT2D eigenvalue weighted by atomic mass is 16.4. The minimum absolute atomic E-state index is 0.0323. The predicted octanol–water partition coefficient (Wildman–Crippen LogP) is 0.645. The second kappa shape index (κ2) is 6.12. The van der Waals surface area contributed by atoms with E-state index in [9.17, 15) is 9.59 Å². The summed E-state index contributed by atoms with van der Waals surface area (Å²) in [5.41, 5.74) is 0.0323. The Bertz CT molecular complexity index is 474. The van der Waals surface area contributed by atoms with Gasteiger partial charge in [-0.1, -0.05) is 0 Å². The number of carboxylic acids is 1. The molecule has 1 aliphatic carbocycles. The molecule has 1 fully saturated rings. The van der Waals surface area contributed by atoms with Gasteiger partial charge < -0.3 is 15.7 Å². The maximum Gasteiger partial charge on any atom is 0.341 e. The maximum absolute atomic E-state index is 11.4. The molecule has 7 heteroatoms. The van der Waals surface area contributed by atoms with Crippen LogP contribution in [0.1, 0.15) is 36.0 Å². The lowest BCUT2D eigenvalue weighted by atomic mass is 10.2. The van der Waals surface area contributed by atoms with E-state index in [1.165, 1.54) is 12.5 Å². The van der Waals surface area contributed by atoms with Crippen LogP contribution in [-0.2, 0) is 4.79 Å². The van der Waals surface area contributed by atoms with Crippen molar-refractivity contribution >= 4 is 17.7 Å². The average molecular weight is 264 g/mol. The first kappa shape index (κ1) is 13.3. The zero-order valence-electron chi connectivity index (χ0n) is 10.4. The number of anilines is 1. The van der Waals surface area contributed by atoms with Gasteiger partial charge in [-0.15, -0.1) is 0 Å². The molecule has 0 spiro atoms. The van der Waals surface area contributed by atoms with Crippen LogP contribution in [-0.4, -0.2) is 39.5 Å². The molecule has 1 aromatic heterocycles. The van der Waals surface area contributed by atoms with Gasteiger partial charge in [-0.05, 0) is 19.3 Å². The zero-order chi connectivity index (χ0) is 13.7. The fourth-order valence-electron chi connectivity index (χ4n) is 1.61. The number of hydrogen-bond donors (Lipinski definition) is 3. The van der Waals surface area contributed by atoms with Crippen molar-refractivity contribution in [1.82, 2.24) is 15.3 Å². The molecule has 1 aromatic rings. The van der Waals surface area contributed by atoms with Crippen molar-refractivity contribution in [1.29, 1.82) is 0 Å². The molecule has 1 saturated carbocycles. The Morgan fingerprint density at radius 2 is 2.21 bits per heavy atom. The highest BCUT2D eigenvalue weighted by Gasteiger charge is 2.22. The molecule has 1 amide bonds. The molecule has 0 bridgehead atoms. The molecule has 0 atom stereocenters. The number of nitrogens with one attached hydrogen (secondary N) is 2. The largest absolute Gasteiger partial charge is 0.477 e. The summed E-state index contributed by atoms with van der Waals surface area (Å²) in [7, 11) is 0. The van der Waals surface area contributed by atoms with Gasteiger partial charge in [0.1, 0.15) is 17.7 Å². The molecule has 1 heterocycles. The Hall–Kier alpha value is -2.18. The monoisotopic (exact) mass is 264 g/mol. The van der Waals surface area contributed by atoms with Crippen LogP contribution in [0.15, 0.2) is 12.5 Å². The van der Waals surface area contributed by atoms with Gasteiger partial charge in [-0.25, -0.2) is 14.8 Å². The smallest absolute Gasteiger partial charge is 0.341 e. The van der Waals surface area contributed by atoms with E-state index in [-0.39, 0.29) is 17.3 Å². The molecular weight excluding hydrogens is 248 g/mol. The fourth-order valence-corrected chi connectivity index (χ4v) is 1.61. The van der Waals surface area contributed by atoms with Crippen molar-refractivity contribution < 1.29 is 14.7 Å². The Labute approximate surface area is 110 Å². The van der Waals surface area contributed by atoms with Gasteiger partial charge in [0, 0.05) is 25.2 Å². The lowest BCUT2D eigenvalue weighted by molar-refractivity contribution is -0.121. The number of nitrogens with zero attached hydrogens (tertiary/aromatic N) is 2. The molecule has 7 nitrogen and oxygen atoms in total. The Kier molecular flexibility index (Phi) is 4.27. The lowest BCUT2D eigenvalue weighted by Crippen LogP contribution is -2.25. The van der Waals surface area contributed by atoms with Crippen LogP contribution in [0.5, 0.6) is 0 Å². The summed E-state index contributed by atoms with van der Waals surface area (Å²) in [4.78, 5) is 29.9. The Morgan fingerprint density at radius 3 is 2.89 bits per heavy atom. The van der Waals surface area contributed by atoms with Crippen molar-refractivity contribution in [2.45, 2.75) is 31.7 Å². The number of aromatic carboxylic acids is 1. The maximum atomic E-state index is 11.4. The van der Waals surface area contributed by atoms with Crippen molar-refractivity contribution in [2.24, 2.45) is 0 Å². The van der Waals surface area contributed by atoms with Gasteiger partial charge in [0.05, 0.1) is 0 Å². The van der Waals surface area contributed by atoms with E-state index in [1.807, 2.05) is 0 Å². The molecule has 0 aliphatic heterocycles. The second-order valence-corrected chi connectivity index (χ2v) is 4.46. The van der Waals surface area contributed by atoms with Crippen LogP contribution in [0, 0.1) is 0 Å². The normalized spacial score (nSPS) is 13.9. The number of carboxylic acid groups (broad SMARTS) is 1. The minimum atomic E-state index is -1.07. The standard InChI is InChI=1S/C12H16N4O3/c17-10(16-8-3-4-8)2-1-5-14-11-9(12(18)19)6-13-7-15-11/h6-8H,1-5H2,(H,16,17)(H,18,19)(H,13,14,15). The number of carbonyl (C=O) groups is 2. The van der Waals surface area contributed by atoms with Crippen molar-refractivity contribution in [3.05, 3.63) is 18.1 Å². The summed E-state index contributed by atoms with van der Waals surface area (Å²) < 4.78 is 0. The molecule has 2 rings (SSSR count). The topological polar surface area (TPSA) is 104 Å². The van der Waals surface area contributed by atoms with Gasteiger partial charge in [0.25, 0.3) is 0 Å². The number of carbonyl (C=O) groups excluding carboxylic acids is 1. The SMILES string of the molecule is O=C(CCCNc1ncncc1C(=O)O)NC1CC1. The van der Waals surface area contributed by atoms with Crippen LogP contribution in [0.3, 0.4) is 0 Å². The van der Waals surface area contributed by atoms with Crippen molar-refractivity contribution in [3.8, 4) is 0 Å². The number of aromatic nitrogens is 2. The molecule has 0 unspecified atom stereocenters. The molecule has 0 aromatic carbocycles. The molecule has 19 heavy (non-hydrogen) atoms. The highest BCUT2D eigenvalue weighted by molar-refractivity contribution is 5.92. The number of amides is 1. The van der Waals surface area contributed by atoms with Crippen LogP contribution < -0.4 is 10.6 Å². The van der Waals surface area contributed by atoms with Crippen LogP contribution in [0.25, 0.3) is 0 Å². The summed E-state index contributed by atoms with van der Waals surface area (Å²) in [5, 5.41) is 14.7. The predicted molar refractivity (Wildman–Crippen MR) is 67.9 cm³/mol.